The van der Waals surface area contributed by atoms with Crippen LogP contribution in [0.25, 0.3) is 0 Å². The molecular weight excluding hydrogens is 264 g/mol. The Hall–Kier alpha value is -1.89. The molecule has 0 aliphatic heterocycles. The number of imidazole rings is 1. The van der Waals surface area contributed by atoms with Crippen molar-refractivity contribution < 1.29 is 4.79 Å². The number of hydrogen-bond donors (Lipinski definition) is 2. The Morgan fingerprint density at radius 1 is 1.21 bits per heavy atom. The fourth-order valence-corrected chi connectivity index (χ4v) is 2.53. The Morgan fingerprint density at radius 2 is 1.84 bits per heavy atom. The molecule has 0 atom stereocenters. The van der Waals surface area contributed by atoms with Gasteiger partial charge >= 0.3 is 5.69 Å². The second-order valence-electron chi connectivity index (χ2n) is 4.22. The number of nitrogens with zero attached hydrogens (tertiary/aromatic N) is 2. The van der Waals surface area contributed by atoms with E-state index in [0.29, 0.717) is 16.5 Å². The van der Waals surface area contributed by atoms with Crippen LogP contribution in [0.2, 0.25) is 0 Å². The molecule has 0 aromatic carbocycles. The average molecular weight is 278 g/mol. The van der Waals surface area contributed by atoms with Gasteiger partial charge in [-0.25, -0.2) is 14.8 Å². The van der Waals surface area contributed by atoms with Crippen molar-refractivity contribution in [2.45, 2.75) is 25.9 Å². The summed E-state index contributed by atoms with van der Waals surface area (Å²) in [6.45, 7) is 5.45. The molecule has 2 aromatic rings. The van der Waals surface area contributed by atoms with Gasteiger partial charge in [-0.3, -0.25) is 4.79 Å². The van der Waals surface area contributed by atoms with Crippen LogP contribution in [0.1, 0.15) is 27.6 Å². The van der Waals surface area contributed by atoms with Gasteiger partial charge in [0.2, 0.25) is 0 Å². The lowest BCUT2D eigenvalue weighted by Crippen LogP contribution is -2.08. The predicted octanol–water partition coefficient (Wildman–Crippen LogP) is 1.39. The second-order valence-corrected chi connectivity index (χ2v) is 5.17. The van der Waals surface area contributed by atoms with Crippen LogP contribution in [0.5, 0.6) is 0 Å². The standard InChI is InChI=1S/C12H14N4O2S/c1-6-4-7(2)14-12(13-6)19-5-9(17)10-8(3)15-11(18)16-10/h4H,5H2,1-3H3,(H2,15,16,18). The van der Waals surface area contributed by atoms with Crippen molar-refractivity contribution in [3.63, 3.8) is 0 Å². The lowest BCUT2D eigenvalue weighted by molar-refractivity contribution is 0.101. The summed E-state index contributed by atoms with van der Waals surface area (Å²) >= 11 is 1.26. The zero-order valence-corrected chi connectivity index (χ0v) is 11.7. The zero-order valence-electron chi connectivity index (χ0n) is 10.9. The van der Waals surface area contributed by atoms with Crippen LogP contribution in [0.4, 0.5) is 0 Å². The van der Waals surface area contributed by atoms with Crippen LogP contribution in [0.15, 0.2) is 16.0 Å². The van der Waals surface area contributed by atoms with E-state index >= 15 is 0 Å². The van der Waals surface area contributed by atoms with Crippen LogP contribution in [-0.2, 0) is 0 Å². The molecule has 0 aliphatic rings. The molecule has 0 fully saturated rings. The Bertz CT molecular complexity index is 654. The maximum Gasteiger partial charge on any atom is 0.323 e. The minimum absolute atomic E-state index is 0.149. The molecular formula is C12H14N4O2S. The molecule has 0 radical (unpaired) electrons. The number of carbonyl (C=O) groups is 1. The topological polar surface area (TPSA) is 91.5 Å². The number of nitrogens with one attached hydrogen (secondary N) is 2. The molecule has 100 valence electrons. The molecule has 0 saturated carbocycles. The van der Waals surface area contributed by atoms with Crippen LogP contribution in [-0.4, -0.2) is 31.5 Å². The number of hydrogen-bond acceptors (Lipinski definition) is 5. The monoisotopic (exact) mass is 278 g/mol. The lowest BCUT2D eigenvalue weighted by Gasteiger charge is -2.02. The van der Waals surface area contributed by atoms with Crippen molar-refractivity contribution >= 4 is 17.5 Å². The highest BCUT2D eigenvalue weighted by Gasteiger charge is 2.13. The van der Waals surface area contributed by atoms with E-state index in [1.807, 2.05) is 19.9 Å². The van der Waals surface area contributed by atoms with Crippen LogP contribution < -0.4 is 5.69 Å². The number of ketones is 1. The number of aromatic amines is 2. The molecule has 0 unspecified atom stereocenters. The Kier molecular flexibility index (Phi) is 3.84. The second kappa shape index (κ2) is 5.40. The lowest BCUT2D eigenvalue weighted by atomic mass is 10.3. The quantitative estimate of drug-likeness (QED) is 0.501. The van der Waals surface area contributed by atoms with Gasteiger partial charge in [-0.15, -0.1) is 0 Å². The van der Waals surface area contributed by atoms with Gasteiger partial charge in [0, 0.05) is 17.1 Å². The summed E-state index contributed by atoms with van der Waals surface area (Å²) in [5.41, 5.74) is 2.25. The summed E-state index contributed by atoms with van der Waals surface area (Å²) in [6, 6.07) is 1.87. The third kappa shape index (κ3) is 3.31. The number of aryl methyl sites for hydroxylation is 3. The number of aromatic nitrogens is 4. The summed E-state index contributed by atoms with van der Waals surface area (Å²) in [4.78, 5) is 36.6. The first-order chi connectivity index (χ1) is 8.95. The number of H-pyrrole nitrogens is 2. The largest absolute Gasteiger partial charge is 0.323 e. The van der Waals surface area contributed by atoms with Crippen LogP contribution >= 0.6 is 11.8 Å². The van der Waals surface area contributed by atoms with E-state index in [2.05, 4.69) is 19.9 Å². The molecule has 0 aliphatic carbocycles. The Balaban J connectivity index is 2.08. The highest BCUT2D eigenvalue weighted by Crippen LogP contribution is 2.15. The molecule has 0 amide bonds. The Morgan fingerprint density at radius 3 is 2.37 bits per heavy atom. The first kappa shape index (κ1) is 13.5. The van der Waals surface area contributed by atoms with Crippen molar-refractivity contribution in [1.82, 2.24) is 19.9 Å². The Labute approximate surface area is 114 Å². The summed E-state index contributed by atoms with van der Waals surface area (Å²) in [6.07, 6.45) is 0. The third-order valence-corrected chi connectivity index (χ3v) is 3.33. The van der Waals surface area contributed by atoms with E-state index in [4.69, 9.17) is 0 Å². The molecule has 0 spiro atoms. The van der Waals surface area contributed by atoms with Crippen LogP contribution in [0, 0.1) is 20.8 Å². The number of thioether (sulfide) groups is 1. The third-order valence-electron chi connectivity index (χ3n) is 2.49. The van der Waals surface area contributed by atoms with E-state index in [1.54, 1.807) is 6.92 Å². The highest BCUT2D eigenvalue weighted by molar-refractivity contribution is 7.99. The van der Waals surface area contributed by atoms with E-state index < -0.39 is 0 Å². The predicted molar refractivity (Wildman–Crippen MR) is 72.7 cm³/mol. The molecule has 7 heteroatoms. The summed E-state index contributed by atoms with van der Waals surface area (Å²) in [7, 11) is 0. The number of carbonyl (C=O) groups excluding carboxylic acids is 1. The smallest absolute Gasteiger partial charge is 0.310 e. The van der Waals surface area contributed by atoms with Gasteiger partial charge in [-0.05, 0) is 26.8 Å². The molecule has 0 saturated heterocycles. The molecule has 2 aromatic heterocycles. The first-order valence-electron chi connectivity index (χ1n) is 5.73. The van der Waals surface area contributed by atoms with E-state index in [-0.39, 0.29) is 17.2 Å². The summed E-state index contributed by atoms with van der Waals surface area (Å²) < 4.78 is 0. The SMILES string of the molecule is Cc1cc(C)nc(SCC(=O)c2[nH]c(=O)[nH]c2C)n1. The van der Waals surface area contributed by atoms with Crippen molar-refractivity contribution in [1.29, 1.82) is 0 Å². The van der Waals surface area contributed by atoms with Crippen molar-refractivity contribution in [3.8, 4) is 0 Å². The number of rotatable bonds is 4. The van der Waals surface area contributed by atoms with Crippen molar-refractivity contribution in [2.24, 2.45) is 0 Å². The van der Waals surface area contributed by atoms with E-state index in [1.165, 1.54) is 11.8 Å². The highest BCUT2D eigenvalue weighted by atomic mass is 32.2. The maximum absolute atomic E-state index is 12.0. The average Bonchev–Trinajstić information content (AvgIpc) is 2.64. The van der Waals surface area contributed by atoms with Crippen molar-refractivity contribution in [2.75, 3.05) is 5.75 Å². The molecule has 2 heterocycles. The molecule has 6 nitrogen and oxygen atoms in total. The van der Waals surface area contributed by atoms with Gasteiger partial charge < -0.3 is 9.97 Å². The summed E-state index contributed by atoms with van der Waals surface area (Å²) in [5, 5.41) is 0.571. The van der Waals surface area contributed by atoms with Crippen molar-refractivity contribution in [3.05, 3.63) is 39.3 Å². The van der Waals surface area contributed by atoms with Gasteiger partial charge in [0.15, 0.2) is 10.9 Å². The summed E-state index contributed by atoms with van der Waals surface area (Å²) in [5.74, 6) is 0.0426. The normalized spacial score (nSPS) is 10.7. The fourth-order valence-electron chi connectivity index (χ4n) is 1.71. The van der Waals surface area contributed by atoms with Crippen LogP contribution in [0.3, 0.4) is 0 Å². The maximum atomic E-state index is 12.0. The minimum Gasteiger partial charge on any atom is -0.310 e. The fraction of sp³-hybridized carbons (Fsp3) is 0.333. The van der Waals surface area contributed by atoms with Gasteiger partial charge in [0.25, 0.3) is 0 Å². The zero-order chi connectivity index (χ0) is 14.0. The van der Waals surface area contributed by atoms with Gasteiger partial charge in [-0.2, -0.15) is 0 Å². The molecule has 19 heavy (non-hydrogen) atoms. The molecule has 2 N–H and O–H groups in total. The molecule has 0 bridgehead atoms. The van der Waals surface area contributed by atoms with E-state index in [0.717, 1.165) is 11.4 Å². The number of Topliss-reactive ketones (excluding diaryl/α,β-unsaturated/α-hetero) is 1. The minimum atomic E-state index is -0.367. The van der Waals surface area contributed by atoms with Gasteiger partial charge in [-0.1, -0.05) is 11.8 Å². The molecule has 2 rings (SSSR count). The first-order valence-corrected chi connectivity index (χ1v) is 6.71. The van der Waals surface area contributed by atoms with Gasteiger partial charge in [0.1, 0.15) is 5.69 Å². The van der Waals surface area contributed by atoms with Gasteiger partial charge in [0.05, 0.1) is 5.75 Å². The van der Waals surface area contributed by atoms with E-state index in [9.17, 15) is 9.59 Å².